The van der Waals surface area contributed by atoms with E-state index in [0.29, 0.717) is 5.76 Å². The minimum Gasteiger partial charge on any atom is -0.431 e. The lowest BCUT2D eigenvalue weighted by atomic mass is 10.2. The van der Waals surface area contributed by atoms with Gasteiger partial charge in [0.05, 0.1) is 0 Å². The van der Waals surface area contributed by atoms with Crippen LogP contribution in [-0.2, 0) is 9.09 Å². The second-order valence-corrected chi connectivity index (χ2v) is 3.31. The standard InChI is InChI=1S/C8H17O3P/c1-3-5-7-8(6-4-2)11-12(9)10/h7,12H,3-6H2,1-2H3,(H,9,10). The molecule has 0 bridgehead atoms. The molecule has 12 heavy (non-hydrogen) atoms. The van der Waals surface area contributed by atoms with Gasteiger partial charge >= 0.3 is 8.25 Å². The van der Waals surface area contributed by atoms with Crippen LogP contribution in [0.25, 0.3) is 0 Å². The van der Waals surface area contributed by atoms with Crippen LogP contribution in [0.1, 0.15) is 39.5 Å². The average molecular weight is 192 g/mol. The van der Waals surface area contributed by atoms with Gasteiger partial charge in [-0.1, -0.05) is 20.3 Å². The third kappa shape index (κ3) is 6.44. The maximum absolute atomic E-state index is 10.4. The van der Waals surface area contributed by atoms with Crippen molar-refractivity contribution in [3.8, 4) is 0 Å². The smallest absolute Gasteiger partial charge is 0.364 e. The van der Waals surface area contributed by atoms with Crippen LogP contribution < -0.4 is 0 Å². The van der Waals surface area contributed by atoms with Crippen LogP contribution in [-0.4, -0.2) is 4.89 Å². The summed E-state index contributed by atoms with van der Waals surface area (Å²) in [6.45, 7) is 4.07. The van der Waals surface area contributed by atoms with Crippen molar-refractivity contribution in [3.63, 3.8) is 0 Å². The molecule has 1 unspecified atom stereocenters. The molecule has 1 N–H and O–H groups in total. The molecule has 0 aromatic carbocycles. The van der Waals surface area contributed by atoms with Crippen molar-refractivity contribution < 1.29 is 14.0 Å². The zero-order valence-electron chi connectivity index (χ0n) is 7.67. The maximum Gasteiger partial charge on any atom is 0.364 e. The molecule has 3 nitrogen and oxygen atoms in total. The molecule has 1 atom stereocenters. The van der Waals surface area contributed by atoms with Crippen LogP contribution in [0.5, 0.6) is 0 Å². The molecule has 0 saturated carbocycles. The monoisotopic (exact) mass is 192 g/mol. The Bertz CT molecular complexity index is 166. The Kier molecular flexibility index (Phi) is 7.22. The van der Waals surface area contributed by atoms with Crippen molar-refractivity contribution in [2.75, 3.05) is 0 Å². The maximum atomic E-state index is 10.4. The minimum absolute atomic E-state index is 0.658. The molecule has 0 aromatic heterocycles. The van der Waals surface area contributed by atoms with Crippen molar-refractivity contribution in [2.24, 2.45) is 0 Å². The second-order valence-electron chi connectivity index (χ2n) is 2.58. The Hall–Kier alpha value is -0.270. The molecule has 0 radical (unpaired) electrons. The largest absolute Gasteiger partial charge is 0.431 e. The highest BCUT2D eigenvalue weighted by Gasteiger charge is 1.98. The summed E-state index contributed by atoms with van der Waals surface area (Å²) in [5, 5.41) is 0. The Morgan fingerprint density at radius 3 is 2.58 bits per heavy atom. The van der Waals surface area contributed by atoms with Gasteiger partial charge in [0.1, 0.15) is 5.76 Å². The van der Waals surface area contributed by atoms with E-state index in [1.807, 2.05) is 13.0 Å². The highest BCUT2D eigenvalue weighted by Crippen LogP contribution is 2.23. The predicted molar refractivity (Wildman–Crippen MR) is 50.2 cm³/mol. The summed E-state index contributed by atoms with van der Waals surface area (Å²) in [7, 11) is -2.80. The van der Waals surface area contributed by atoms with E-state index in [9.17, 15) is 4.57 Å². The van der Waals surface area contributed by atoms with E-state index < -0.39 is 8.25 Å². The van der Waals surface area contributed by atoms with Gasteiger partial charge in [-0.25, -0.2) is 4.57 Å². The predicted octanol–water partition coefficient (Wildman–Crippen LogP) is 2.87. The van der Waals surface area contributed by atoms with Gasteiger partial charge in [-0.3, -0.25) is 0 Å². The molecule has 0 amide bonds. The third-order valence-corrected chi connectivity index (χ3v) is 1.81. The van der Waals surface area contributed by atoms with Crippen molar-refractivity contribution in [1.82, 2.24) is 0 Å². The number of rotatable bonds is 6. The second kappa shape index (κ2) is 7.38. The van der Waals surface area contributed by atoms with Crippen molar-refractivity contribution in [1.29, 1.82) is 0 Å². The van der Waals surface area contributed by atoms with Crippen LogP contribution in [0.2, 0.25) is 0 Å². The quantitative estimate of drug-likeness (QED) is 0.520. The van der Waals surface area contributed by atoms with Crippen LogP contribution >= 0.6 is 8.25 Å². The molecule has 0 aliphatic carbocycles. The number of hydrogen-bond donors (Lipinski definition) is 1. The first-order valence-corrected chi connectivity index (χ1v) is 5.56. The van der Waals surface area contributed by atoms with E-state index in [1.54, 1.807) is 0 Å². The molecule has 0 spiro atoms. The van der Waals surface area contributed by atoms with Crippen molar-refractivity contribution in [3.05, 3.63) is 11.8 Å². The SMILES string of the molecule is CCCC=C(CCC)O[PH](=O)O. The van der Waals surface area contributed by atoms with Crippen LogP contribution in [0.3, 0.4) is 0 Å². The van der Waals surface area contributed by atoms with Gasteiger partial charge in [0.15, 0.2) is 0 Å². The summed E-state index contributed by atoms with van der Waals surface area (Å²) in [5.41, 5.74) is 0. The lowest BCUT2D eigenvalue weighted by Gasteiger charge is -2.05. The Balaban J connectivity index is 3.93. The lowest BCUT2D eigenvalue weighted by molar-refractivity contribution is 0.338. The van der Waals surface area contributed by atoms with E-state index >= 15 is 0 Å². The first kappa shape index (κ1) is 11.7. The topological polar surface area (TPSA) is 46.5 Å². The zero-order valence-corrected chi connectivity index (χ0v) is 8.67. The molecule has 0 aliphatic heterocycles. The number of hydrogen-bond acceptors (Lipinski definition) is 2. The van der Waals surface area contributed by atoms with E-state index in [4.69, 9.17) is 9.42 Å². The van der Waals surface area contributed by atoms with Crippen LogP contribution in [0.4, 0.5) is 0 Å². The fraction of sp³-hybridized carbons (Fsp3) is 0.750. The Morgan fingerprint density at radius 2 is 2.17 bits per heavy atom. The lowest BCUT2D eigenvalue weighted by Crippen LogP contribution is -1.84. The Labute approximate surface area is 74.4 Å². The first-order valence-electron chi connectivity index (χ1n) is 4.30. The van der Waals surface area contributed by atoms with E-state index in [2.05, 4.69) is 6.92 Å². The van der Waals surface area contributed by atoms with E-state index in [-0.39, 0.29) is 0 Å². The van der Waals surface area contributed by atoms with Gasteiger partial charge in [0, 0.05) is 6.42 Å². The highest BCUT2D eigenvalue weighted by molar-refractivity contribution is 7.32. The molecule has 72 valence electrons. The molecule has 0 aromatic rings. The summed E-state index contributed by atoms with van der Waals surface area (Å²) in [5.74, 6) is 0.658. The summed E-state index contributed by atoms with van der Waals surface area (Å²) in [6, 6.07) is 0. The molecule has 0 fully saturated rings. The van der Waals surface area contributed by atoms with E-state index in [0.717, 1.165) is 25.7 Å². The van der Waals surface area contributed by atoms with Crippen LogP contribution in [0, 0.1) is 0 Å². The summed E-state index contributed by atoms with van der Waals surface area (Å²) < 4.78 is 15.1. The highest BCUT2D eigenvalue weighted by atomic mass is 31.1. The van der Waals surface area contributed by atoms with Crippen molar-refractivity contribution >= 4 is 8.25 Å². The third-order valence-electron chi connectivity index (χ3n) is 1.38. The van der Waals surface area contributed by atoms with Gasteiger partial charge in [-0.15, -0.1) is 0 Å². The minimum atomic E-state index is -2.80. The number of unbranched alkanes of at least 4 members (excludes halogenated alkanes) is 1. The van der Waals surface area contributed by atoms with Gasteiger partial charge in [-0.2, -0.15) is 0 Å². The normalized spacial score (nSPS) is 14.4. The summed E-state index contributed by atoms with van der Waals surface area (Å²) >= 11 is 0. The molecule has 4 heteroatoms. The fourth-order valence-electron chi connectivity index (χ4n) is 0.859. The zero-order chi connectivity index (χ0) is 9.40. The Morgan fingerprint density at radius 1 is 1.50 bits per heavy atom. The van der Waals surface area contributed by atoms with Crippen LogP contribution in [0.15, 0.2) is 11.8 Å². The summed E-state index contributed by atoms with van der Waals surface area (Å²) in [6.07, 6.45) is 5.51. The van der Waals surface area contributed by atoms with Gasteiger partial charge < -0.3 is 9.42 Å². The van der Waals surface area contributed by atoms with Gasteiger partial charge in [0.25, 0.3) is 0 Å². The molecular formula is C8H17O3P. The molecule has 0 aliphatic rings. The average Bonchev–Trinajstić information content (AvgIpc) is 2.00. The summed E-state index contributed by atoms with van der Waals surface area (Å²) in [4.78, 5) is 8.53. The van der Waals surface area contributed by atoms with Gasteiger partial charge in [0.2, 0.25) is 0 Å². The molecular weight excluding hydrogens is 175 g/mol. The first-order chi connectivity index (χ1) is 5.70. The molecule has 0 saturated heterocycles. The fourth-order valence-corrected chi connectivity index (χ4v) is 1.27. The van der Waals surface area contributed by atoms with Crippen molar-refractivity contribution in [2.45, 2.75) is 39.5 Å². The number of allylic oxidation sites excluding steroid dienone is 2. The van der Waals surface area contributed by atoms with Gasteiger partial charge in [-0.05, 0) is 18.9 Å². The molecule has 0 rings (SSSR count). The van der Waals surface area contributed by atoms with E-state index in [1.165, 1.54) is 0 Å². The molecule has 0 heterocycles.